The van der Waals surface area contributed by atoms with Crippen molar-refractivity contribution >= 4 is 35.2 Å². The number of allylic oxidation sites excluding steroid dienone is 1. The van der Waals surface area contributed by atoms with E-state index in [1.807, 2.05) is 48.5 Å². The van der Waals surface area contributed by atoms with E-state index in [4.69, 9.17) is 14.6 Å². The molecule has 1 aliphatic carbocycles. The minimum Gasteiger partial charge on any atom is -0.497 e. The van der Waals surface area contributed by atoms with Crippen molar-refractivity contribution in [2.75, 3.05) is 25.7 Å². The first kappa shape index (κ1) is 29.3. The van der Waals surface area contributed by atoms with E-state index in [1.54, 1.807) is 14.2 Å². The fraction of sp³-hybridized carbons (Fsp3) is 0.294. The van der Waals surface area contributed by atoms with Gasteiger partial charge in [-0.1, -0.05) is 35.6 Å². The molecule has 234 valence electrons. The first-order chi connectivity index (χ1) is 22.4. The molecule has 0 spiro atoms. The van der Waals surface area contributed by atoms with Crippen molar-refractivity contribution in [2.24, 2.45) is 21.4 Å². The van der Waals surface area contributed by atoms with Gasteiger partial charge in [-0.3, -0.25) is 19.4 Å². The Kier molecular flexibility index (Phi) is 7.55. The van der Waals surface area contributed by atoms with Crippen LogP contribution in [0.4, 0.5) is 10.1 Å². The van der Waals surface area contributed by atoms with Gasteiger partial charge in [-0.15, -0.1) is 0 Å². The molecule has 12 heteroatoms. The average molecular weight is 623 g/mol. The summed E-state index contributed by atoms with van der Waals surface area (Å²) in [5.41, 5.74) is 3.91. The molecule has 0 N–H and O–H groups in total. The lowest BCUT2D eigenvalue weighted by molar-refractivity contribution is -0.136. The van der Waals surface area contributed by atoms with Gasteiger partial charge in [0, 0.05) is 5.92 Å². The Morgan fingerprint density at radius 1 is 0.957 bits per heavy atom. The number of imide groups is 1. The minimum absolute atomic E-state index is 0.0540. The van der Waals surface area contributed by atoms with Crippen LogP contribution in [0.1, 0.15) is 36.4 Å². The van der Waals surface area contributed by atoms with Gasteiger partial charge in [-0.05, 0) is 84.5 Å². The number of benzene rings is 3. The molecular weight excluding hydrogens is 591 g/mol. The van der Waals surface area contributed by atoms with Gasteiger partial charge in [0.25, 0.3) is 17.7 Å². The molecule has 1 saturated heterocycles. The van der Waals surface area contributed by atoms with E-state index in [2.05, 4.69) is 16.4 Å². The van der Waals surface area contributed by atoms with Crippen LogP contribution in [0.15, 0.2) is 93.8 Å². The fourth-order valence-electron chi connectivity index (χ4n) is 6.68. The van der Waals surface area contributed by atoms with E-state index in [0.717, 1.165) is 58.4 Å². The summed E-state index contributed by atoms with van der Waals surface area (Å²) in [5.74, 6) is -0.797. The largest absolute Gasteiger partial charge is 0.497 e. The zero-order valence-corrected chi connectivity index (χ0v) is 25.2. The van der Waals surface area contributed by atoms with Crippen LogP contribution >= 0.6 is 0 Å². The van der Waals surface area contributed by atoms with Crippen LogP contribution in [-0.4, -0.2) is 66.3 Å². The van der Waals surface area contributed by atoms with Gasteiger partial charge in [-0.25, -0.2) is 14.3 Å². The van der Waals surface area contributed by atoms with E-state index >= 15 is 0 Å². The summed E-state index contributed by atoms with van der Waals surface area (Å²) in [4.78, 5) is 41.6. The van der Waals surface area contributed by atoms with Crippen LogP contribution in [0.5, 0.6) is 11.5 Å². The SMILES string of the molecule is COc1ccc(/C=C2/CCC[C@@H]3C2=NN(C(=O)CN2N=N[C@@H]4C(=O)N(c5cccc(F)c5)C(=O)[C@H]42)[C@@H]3c2ccc(OC)cc2)cc1. The maximum absolute atomic E-state index is 14.1. The molecule has 0 radical (unpaired) electrons. The van der Waals surface area contributed by atoms with Gasteiger partial charge in [0.15, 0.2) is 12.1 Å². The van der Waals surface area contributed by atoms with Crippen LogP contribution < -0.4 is 14.4 Å². The molecule has 4 atom stereocenters. The second-order valence-corrected chi connectivity index (χ2v) is 11.6. The van der Waals surface area contributed by atoms with Crippen LogP contribution in [0, 0.1) is 11.7 Å². The molecule has 1 saturated carbocycles. The highest BCUT2D eigenvalue weighted by Crippen LogP contribution is 2.45. The number of fused-ring (bicyclic) bond motifs is 2. The third kappa shape index (κ3) is 5.09. The lowest BCUT2D eigenvalue weighted by atomic mass is 9.77. The Bertz CT molecular complexity index is 1790. The molecule has 2 fully saturated rings. The Labute approximate surface area is 264 Å². The van der Waals surface area contributed by atoms with Gasteiger partial charge >= 0.3 is 0 Å². The number of hydrogen-bond donors (Lipinski definition) is 0. The normalized spacial score (nSPS) is 24.4. The molecule has 3 aliphatic heterocycles. The van der Waals surface area contributed by atoms with Crippen molar-refractivity contribution in [1.82, 2.24) is 10.0 Å². The summed E-state index contributed by atoms with van der Waals surface area (Å²) in [6.45, 7) is -0.325. The summed E-state index contributed by atoms with van der Waals surface area (Å²) in [6, 6.07) is 18.0. The number of amides is 3. The molecule has 3 heterocycles. The van der Waals surface area contributed by atoms with E-state index in [0.29, 0.717) is 5.75 Å². The number of carbonyl (C=O) groups is 3. The highest BCUT2D eigenvalue weighted by Gasteiger charge is 2.55. The number of hydrazone groups is 1. The summed E-state index contributed by atoms with van der Waals surface area (Å²) >= 11 is 0. The van der Waals surface area contributed by atoms with E-state index in [-0.39, 0.29) is 18.2 Å². The molecule has 0 bridgehead atoms. The van der Waals surface area contributed by atoms with Crippen molar-refractivity contribution < 1.29 is 28.2 Å². The zero-order chi connectivity index (χ0) is 31.9. The second-order valence-electron chi connectivity index (χ2n) is 11.6. The van der Waals surface area contributed by atoms with Crippen LogP contribution in [-0.2, 0) is 14.4 Å². The van der Waals surface area contributed by atoms with Crippen molar-refractivity contribution in [3.8, 4) is 11.5 Å². The number of ether oxygens (including phenoxy) is 2. The van der Waals surface area contributed by atoms with Gasteiger partial charge in [0.05, 0.1) is 31.7 Å². The quantitative estimate of drug-likeness (QED) is 0.344. The third-order valence-electron chi connectivity index (χ3n) is 8.89. The molecule has 3 amide bonds. The Hall–Kier alpha value is -5.39. The number of carbonyl (C=O) groups excluding carboxylic acids is 3. The Morgan fingerprint density at radius 3 is 2.37 bits per heavy atom. The lowest BCUT2D eigenvalue weighted by Crippen LogP contribution is -2.45. The van der Waals surface area contributed by atoms with Crippen molar-refractivity contribution in [2.45, 2.75) is 37.4 Å². The average Bonchev–Trinajstić information content (AvgIpc) is 3.74. The topological polar surface area (TPSA) is 116 Å². The summed E-state index contributed by atoms with van der Waals surface area (Å²) in [6.07, 6.45) is 4.68. The predicted octanol–water partition coefficient (Wildman–Crippen LogP) is 4.96. The Morgan fingerprint density at radius 2 is 1.67 bits per heavy atom. The van der Waals surface area contributed by atoms with E-state index in [9.17, 15) is 18.8 Å². The van der Waals surface area contributed by atoms with Crippen LogP contribution in [0.3, 0.4) is 0 Å². The van der Waals surface area contributed by atoms with E-state index < -0.39 is 41.7 Å². The number of methoxy groups -OCH3 is 2. The van der Waals surface area contributed by atoms with Crippen molar-refractivity contribution in [3.05, 3.63) is 95.3 Å². The van der Waals surface area contributed by atoms with Crippen molar-refractivity contribution in [1.29, 1.82) is 0 Å². The summed E-state index contributed by atoms with van der Waals surface area (Å²) in [7, 11) is 3.23. The lowest BCUT2D eigenvalue weighted by Gasteiger charge is -2.30. The van der Waals surface area contributed by atoms with Gasteiger partial charge < -0.3 is 9.47 Å². The molecule has 11 nitrogen and oxygen atoms in total. The van der Waals surface area contributed by atoms with Crippen LogP contribution in [0.2, 0.25) is 0 Å². The standard InChI is InChI=1S/C34H31FN6O5/c1-45-25-13-9-20(10-14-25)17-22-5-3-8-27-29(22)37-41(31(27)21-11-15-26(46-2)16-12-21)28(42)19-39-32-30(36-38-39)33(43)40(34(32)44)24-7-4-6-23(35)18-24/h4,6-7,9-18,27,30-32H,3,5,8,19H2,1-2H3/b22-17-/t27-,30+,31-,32+/m1/s1. The van der Waals surface area contributed by atoms with Gasteiger partial charge in [-0.2, -0.15) is 10.2 Å². The van der Waals surface area contributed by atoms with Gasteiger partial charge in [0.1, 0.15) is 23.9 Å². The van der Waals surface area contributed by atoms with Gasteiger partial charge in [0.2, 0.25) is 0 Å². The molecule has 3 aromatic carbocycles. The highest BCUT2D eigenvalue weighted by molar-refractivity contribution is 6.25. The first-order valence-electron chi connectivity index (χ1n) is 15.1. The molecule has 4 aliphatic rings. The summed E-state index contributed by atoms with van der Waals surface area (Å²) < 4.78 is 24.6. The number of halogens is 1. The van der Waals surface area contributed by atoms with E-state index in [1.165, 1.54) is 28.2 Å². The maximum Gasteiger partial charge on any atom is 0.264 e. The molecular formula is C34H31FN6O5. The fourth-order valence-corrected chi connectivity index (χ4v) is 6.68. The minimum atomic E-state index is -1.12. The van der Waals surface area contributed by atoms with Crippen LogP contribution in [0.25, 0.3) is 6.08 Å². The molecule has 46 heavy (non-hydrogen) atoms. The molecule has 7 rings (SSSR count). The number of hydrogen-bond acceptors (Lipinski definition) is 9. The Balaban J connectivity index is 1.19. The molecule has 3 aromatic rings. The molecule has 0 unspecified atom stereocenters. The predicted molar refractivity (Wildman–Crippen MR) is 166 cm³/mol. The smallest absolute Gasteiger partial charge is 0.264 e. The zero-order valence-electron chi connectivity index (χ0n) is 25.2. The first-order valence-corrected chi connectivity index (χ1v) is 15.1. The monoisotopic (exact) mass is 622 g/mol. The number of anilines is 1. The molecule has 0 aromatic heterocycles. The highest BCUT2D eigenvalue weighted by atomic mass is 19.1. The number of nitrogens with zero attached hydrogens (tertiary/aromatic N) is 6. The second kappa shape index (κ2) is 11.8. The summed E-state index contributed by atoms with van der Waals surface area (Å²) in [5, 5.41) is 15.8. The maximum atomic E-state index is 14.1. The number of rotatable bonds is 7. The van der Waals surface area contributed by atoms with Crippen molar-refractivity contribution in [3.63, 3.8) is 0 Å². The third-order valence-corrected chi connectivity index (χ3v) is 8.89.